The average molecular weight is 280 g/mol. The number of thioether (sulfide) groups is 1. The Morgan fingerprint density at radius 3 is 1.84 bits per heavy atom. The summed E-state index contributed by atoms with van der Waals surface area (Å²) >= 11 is 1.41. The molecule has 19 heavy (non-hydrogen) atoms. The molecule has 0 spiro atoms. The van der Waals surface area contributed by atoms with Crippen molar-refractivity contribution < 1.29 is 9.90 Å². The van der Waals surface area contributed by atoms with Crippen molar-refractivity contribution >= 4 is 17.7 Å². The molecule has 0 radical (unpaired) electrons. The SMILES string of the molecule is CC/C=C\C/C=C\C/C=C\C/C=C\CSCC(=O)O. The van der Waals surface area contributed by atoms with Crippen LogP contribution in [-0.2, 0) is 4.79 Å². The van der Waals surface area contributed by atoms with Crippen LogP contribution in [-0.4, -0.2) is 22.6 Å². The van der Waals surface area contributed by atoms with E-state index < -0.39 is 5.97 Å². The fourth-order valence-electron chi connectivity index (χ4n) is 1.26. The van der Waals surface area contributed by atoms with Crippen molar-refractivity contribution in [2.45, 2.75) is 32.6 Å². The minimum atomic E-state index is -0.751. The van der Waals surface area contributed by atoms with E-state index in [9.17, 15) is 4.79 Å². The van der Waals surface area contributed by atoms with Crippen LogP contribution < -0.4 is 0 Å². The molecule has 2 nitrogen and oxygen atoms in total. The molecule has 0 saturated carbocycles. The highest BCUT2D eigenvalue weighted by atomic mass is 32.2. The maximum Gasteiger partial charge on any atom is 0.313 e. The first kappa shape index (κ1) is 17.8. The Labute approximate surface area is 121 Å². The number of hydrogen-bond donors (Lipinski definition) is 1. The van der Waals surface area contributed by atoms with Gasteiger partial charge in [-0.3, -0.25) is 4.79 Å². The summed E-state index contributed by atoms with van der Waals surface area (Å²) in [5.74, 6) is 0.195. The molecular weight excluding hydrogens is 256 g/mol. The predicted octanol–water partition coefficient (Wildman–Crippen LogP) is 4.61. The first-order valence-electron chi connectivity index (χ1n) is 6.67. The van der Waals surface area contributed by atoms with Gasteiger partial charge in [0.05, 0.1) is 5.75 Å². The maximum atomic E-state index is 10.3. The summed E-state index contributed by atoms with van der Waals surface area (Å²) in [6, 6.07) is 0. The topological polar surface area (TPSA) is 37.3 Å². The highest BCUT2D eigenvalue weighted by Gasteiger charge is 1.92. The highest BCUT2D eigenvalue weighted by molar-refractivity contribution is 8.00. The predicted molar refractivity (Wildman–Crippen MR) is 85.7 cm³/mol. The lowest BCUT2D eigenvalue weighted by molar-refractivity contribution is -0.133. The molecule has 0 aliphatic heterocycles. The van der Waals surface area contributed by atoms with Gasteiger partial charge in [-0.05, 0) is 25.7 Å². The molecule has 0 unspecified atom stereocenters. The minimum absolute atomic E-state index is 0.178. The molecule has 0 aromatic rings. The molecule has 0 aliphatic carbocycles. The summed E-state index contributed by atoms with van der Waals surface area (Å²) in [4.78, 5) is 10.3. The zero-order valence-corrected chi connectivity index (χ0v) is 12.4. The van der Waals surface area contributed by atoms with Crippen molar-refractivity contribution in [3.8, 4) is 0 Å². The zero-order valence-electron chi connectivity index (χ0n) is 11.6. The standard InChI is InChI=1S/C16H24O2S/c1-2-3-4-5-6-7-8-9-10-11-12-13-14-19-15-16(17)18/h3-4,6-7,9-10,12-13H,2,5,8,11,14-15H2,1H3,(H,17,18)/b4-3-,7-6-,10-9-,13-12-. The van der Waals surface area contributed by atoms with Crippen LogP contribution in [0.5, 0.6) is 0 Å². The average Bonchev–Trinajstić information content (AvgIpc) is 2.39. The molecule has 0 fully saturated rings. The molecule has 0 heterocycles. The van der Waals surface area contributed by atoms with E-state index in [0.29, 0.717) is 0 Å². The summed E-state index contributed by atoms with van der Waals surface area (Å²) < 4.78 is 0. The van der Waals surface area contributed by atoms with Gasteiger partial charge in [0.1, 0.15) is 0 Å². The van der Waals surface area contributed by atoms with Gasteiger partial charge in [0, 0.05) is 5.75 Å². The monoisotopic (exact) mass is 280 g/mol. The molecule has 1 N–H and O–H groups in total. The molecule has 0 bridgehead atoms. The number of allylic oxidation sites excluding steroid dienone is 7. The van der Waals surface area contributed by atoms with Gasteiger partial charge in [-0.15, -0.1) is 11.8 Å². The third kappa shape index (κ3) is 16.8. The molecule has 0 atom stereocenters. The Morgan fingerprint density at radius 2 is 1.37 bits per heavy atom. The molecule has 106 valence electrons. The molecule has 0 aromatic carbocycles. The van der Waals surface area contributed by atoms with Gasteiger partial charge in [-0.25, -0.2) is 0 Å². The number of carboxylic acids is 1. The van der Waals surface area contributed by atoms with Crippen molar-refractivity contribution in [2.75, 3.05) is 11.5 Å². The van der Waals surface area contributed by atoms with E-state index in [1.165, 1.54) is 11.8 Å². The Balaban J connectivity index is 3.40. The number of hydrogen-bond acceptors (Lipinski definition) is 2. The van der Waals surface area contributed by atoms with Crippen molar-refractivity contribution in [3.05, 3.63) is 48.6 Å². The Kier molecular flexibility index (Phi) is 13.9. The van der Waals surface area contributed by atoms with Gasteiger partial charge < -0.3 is 5.11 Å². The molecular formula is C16H24O2S. The third-order valence-electron chi connectivity index (χ3n) is 2.16. The fraction of sp³-hybridized carbons (Fsp3) is 0.438. The summed E-state index contributed by atoms with van der Waals surface area (Å²) in [7, 11) is 0. The first-order chi connectivity index (χ1) is 9.27. The van der Waals surface area contributed by atoms with Crippen molar-refractivity contribution in [3.63, 3.8) is 0 Å². The van der Waals surface area contributed by atoms with Gasteiger partial charge in [0.2, 0.25) is 0 Å². The molecule has 0 saturated heterocycles. The normalized spacial score (nSPS) is 12.5. The van der Waals surface area contributed by atoms with E-state index in [1.54, 1.807) is 0 Å². The van der Waals surface area contributed by atoms with Crippen LogP contribution in [0.25, 0.3) is 0 Å². The van der Waals surface area contributed by atoms with Gasteiger partial charge in [-0.1, -0.05) is 55.5 Å². The van der Waals surface area contributed by atoms with Gasteiger partial charge in [-0.2, -0.15) is 0 Å². The molecule has 0 amide bonds. The zero-order chi connectivity index (χ0) is 14.2. The largest absolute Gasteiger partial charge is 0.481 e. The fourth-order valence-corrected chi connectivity index (χ4v) is 1.83. The minimum Gasteiger partial charge on any atom is -0.481 e. The van der Waals surface area contributed by atoms with E-state index in [4.69, 9.17) is 5.11 Å². The Hall–Kier alpha value is -1.22. The molecule has 0 rings (SSSR count). The number of carboxylic acid groups (broad SMARTS) is 1. The van der Waals surface area contributed by atoms with E-state index in [2.05, 4.69) is 49.5 Å². The molecule has 3 heteroatoms. The smallest absolute Gasteiger partial charge is 0.313 e. The van der Waals surface area contributed by atoms with Crippen LogP contribution in [0.4, 0.5) is 0 Å². The lowest BCUT2D eigenvalue weighted by Gasteiger charge is -1.90. The van der Waals surface area contributed by atoms with E-state index in [0.717, 1.165) is 31.4 Å². The summed E-state index contributed by atoms with van der Waals surface area (Å²) in [5.41, 5.74) is 0. The van der Waals surface area contributed by atoms with Gasteiger partial charge in [0.15, 0.2) is 0 Å². The van der Waals surface area contributed by atoms with Crippen LogP contribution >= 0.6 is 11.8 Å². The van der Waals surface area contributed by atoms with Crippen molar-refractivity contribution in [1.82, 2.24) is 0 Å². The van der Waals surface area contributed by atoms with Gasteiger partial charge >= 0.3 is 5.97 Å². The summed E-state index contributed by atoms with van der Waals surface area (Å²) in [6.45, 7) is 2.14. The third-order valence-corrected chi connectivity index (χ3v) is 3.04. The maximum absolute atomic E-state index is 10.3. The van der Waals surface area contributed by atoms with Crippen LogP contribution in [0.3, 0.4) is 0 Å². The van der Waals surface area contributed by atoms with Crippen LogP contribution in [0.1, 0.15) is 32.6 Å². The molecule has 0 aliphatic rings. The van der Waals surface area contributed by atoms with Crippen molar-refractivity contribution in [2.24, 2.45) is 0 Å². The summed E-state index contributed by atoms with van der Waals surface area (Å²) in [6.07, 6.45) is 21.1. The molecule has 0 aromatic heterocycles. The number of carbonyl (C=O) groups is 1. The van der Waals surface area contributed by atoms with Crippen LogP contribution in [0.15, 0.2) is 48.6 Å². The summed E-state index contributed by atoms with van der Waals surface area (Å²) in [5, 5.41) is 8.44. The van der Waals surface area contributed by atoms with Crippen LogP contribution in [0.2, 0.25) is 0 Å². The first-order valence-corrected chi connectivity index (χ1v) is 7.82. The van der Waals surface area contributed by atoms with Crippen LogP contribution in [0, 0.1) is 0 Å². The Bertz CT molecular complexity index is 328. The highest BCUT2D eigenvalue weighted by Crippen LogP contribution is 2.00. The second kappa shape index (κ2) is 14.8. The van der Waals surface area contributed by atoms with E-state index in [-0.39, 0.29) is 5.75 Å². The number of aliphatic carboxylic acids is 1. The second-order valence-electron chi connectivity index (χ2n) is 3.91. The van der Waals surface area contributed by atoms with Crippen molar-refractivity contribution in [1.29, 1.82) is 0 Å². The lowest BCUT2D eigenvalue weighted by Crippen LogP contribution is -1.97. The lowest BCUT2D eigenvalue weighted by atomic mass is 10.2. The number of rotatable bonds is 11. The van der Waals surface area contributed by atoms with E-state index in [1.807, 2.05) is 6.08 Å². The Morgan fingerprint density at radius 1 is 0.895 bits per heavy atom. The quantitative estimate of drug-likeness (QED) is 0.443. The van der Waals surface area contributed by atoms with E-state index >= 15 is 0 Å². The second-order valence-corrected chi connectivity index (χ2v) is 4.94. The van der Waals surface area contributed by atoms with Gasteiger partial charge in [0.25, 0.3) is 0 Å².